The Balaban J connectivity index is 0.644. The zero-order chi connectivity index (χ0) is 84.1. The minimum absolute atomic E-state index is 0.0886. The average Bonchev–Trinajstić information content (AvgIpc) is 1.53. The van der Waals surface area contributed by atoms with Crippen molar-refractivity contribution < 1.29 is 40.3 Å². The summed E-state index contributed by atoms with van der Waals surface area (Å²) in [6, 6.07) is 54.2. The van der Waals surface area contributed by atoms with Gasteiger partial charge in [-0.05, 0) is 260 Å². The third-order valence-corrected chi connectivity index (χ3v) is 27.0. The van der Waals surface area contributed by atoms with Crippen molar-refractivity contribution in [2.45, 2.75) is 198 Å². The summed E-state index contributed by atoms with van der Waals surface area (Å²) in [5.41, 5.74) is 45.5. The maximum atomic E-state index is 16.1. The number of fused-ring (bicyclic) bond motifs is 8. The molecule has 5 aromatic heterocycles. The SMILES string of the molecule is Cc1ccc2c(c1)C(CCCCCCN=[N+]=[N-])(CCCCCCN=[N+]=[N-])c1cc(-c3ccc(-c4ccc5c(c4)C(CCCCCCN=[N+]=[N-])(CCCCCCn4cc(COc6ccc(-c7cc(C8=C(c9cc(-c%10ccccc%10)sc9C)C(F)(F)C(F)(F)C8(F)F)c(C)s7)cc6)nn4)c4cc(-c6ccc(C)c7nonc67)ccc4-5)c4nonc34)ccc1-2. The fourth-order valence-electron chi connectivity index (χ4n) is 18.7. The fraction of sp³-hybridized carbons (Fsp3) is 0.362. The second kappa shape index (κ2) is 35.5. The fourth-order valence-corrected chi connectivity index (χ4v) is 20.8. The van der Waals surface area contributed by atoms with Gasteiger partial charge in [-0.15, -0.1) is 27.8 Å². The molecule has 5 heterocycles. The first kappa shape index (κ1) is 82.8. The second-order valence-corrected chi connectivity index (χ2v) is 34.8. The molecule has 618 valence electrons. The number of thiophene rings is 2. The van der Waals surface area contributed by atoms with Gasteiger partial charge < -0.3 is 4.74 Å². The second-order valence-electron chi connectivity index (χ2n) is 32.3. The summed E-state index contributed by atoms with van der Waals surface area (Å²) in [6.45, 7) is 9.27. The Morgan fingerprint density at radius 1 is 0.405 bits per heavy atom. The maximum absolute atomic E-state index is 16.1. The lowest BCUT2D eigenvalue weighted by atomic mass is 9.70. The zero-order valence-corrected chi connectivity index (χ0v) is 69.4. The van der Waals surface area contributed by atoms with Gasteiger partial charge in [0.05, 0.1) is 6.20 Å². The van der Waals surface area contributed by atoms with Crippen LogP contribution in [0.4, 0.5) is 26.3 Å². The Morgan fingerprint density at radius 3 is 1.26 bits per heavy atom. The standard InChI is InChI=1S/C94H90F6N16O3S2/c1-58-26-35-72-73-37-31-65(52-79(73)90(78(72)50-58,42-16-5-9-20-46-104-112-101)43-17-6-10-21-47-105-113-102)70-40-41-71(89-88(70)110-119-111-89)66-32-39-75-74-38-30-64(69-36-27-59(2)86-87(69)109-118-108-86)51-80(74)91(81(75)53-66,44-18-7-11-22-48-106-114-103)45-19-8-12-23-49-116-56-67(107-115-116)57-117-68-33-28-63(29-34-68)83-55-77(61(4)121-83)85-84(92(95,96)94(99,100)93(85,97)98)76-54-82(120-60(76)3)62-24-14-13-15-25-62/h13-15,24-41,50-56H,5-12,16-23,42-49,57H2,1-4H3. The molecular weight excluding hydrogens is 1580 g/mol. The van der Waals surface area contributed by atoms with Gasteiger partial charge in [0.25, 0.3) is 0 Å². The van der Waals surface area contributed by atoms with Gasteiger partial charge in [-0.2, -0.15) is 26.3 Å². The van der Waals surface area contributed by atoms with Crippen LogP contribution in [0, 0.1) is 27.7 Å². The molecule has 13 aromatic rings. The zero-order valence-electron chi connectivity index (χ0n) is 67.8. The average molecular weight is 1670 g/mol. The van der Waals surface area contributed by atoms with Crippen molar-refractivity contribution in [1.82, 2.24) is 35.6 Å². The highest BCUT2D eigenvalue weighted by Gasteiger charge is 2.80. The number of rotatable bonds is 38. The van der Waals surface area contributed by atoms with Crippen molar-refractivity contribution in [2.75, 3.05) is 19.6 Å². The molecule has 19 nitrogen and oxygen atoms in total. The monoisotopic (exact) mass is 1670 g/mol. The molecule has 0 spiro atoms. The first-order valence-corrected chi connectivity index (χ1v) is 43.3. The number of alkyl halides is 6. The molecule has 0 saturated heterocycles. The van der Waals surface area contributed by atoms with E-state index in [0.717, 1.165) is 190 Å². The Labute approximate surface area is 704 Å². The van der Waals surface area contributed by atoms with Gasteiger partial charge in [-0.25, -0.2) is 9.26 Å². The molecule has 0 saturated carbocycles. The van der Waals surface area contributed by atoms with Crippen LogP contribution in [0.2, 0.25) is 0 Å². The summed E-state index contributed by atoms with van der Waals surface area (Å²) in [7, 11) is 0. The first-order chi connectivity index (χ1) is 58.8. The van der Waals surface area contributed by atoms with E-state index < -0.39 is 34.3 Å². The highest BCUT2D eigenvalue weighted by Crippen LogP contribution is 2.67. The Morgan fingerprint density at radius 2 is 0.793 bits per heavy atom. The van der Waals surface area contributed by atoms with Gasteiger partial charge in [-0.1, -0.05) is 212 Å². The van der Waals surface area contributed by atoms with Gasteiger partial charge in [0, 0.05) is 99.1 Å². The van der Waals surface area contributed by atoms with Crippen molar-refractivity contribution in [3.63, 3.8) is 0 Å². The van der Waals surface area contributed by atoms with Crippen LogP contribution in [0.5, 0.6) is 5.75 Å². The number of ether oxygens (including phenoxy) is 1. The number of allylic oxidation sites excluding steroid dienone is 2. The summed E-state index contributed by atoms with van der Waals surface area (Å²) in [4.78, 5) is 10.3. The van der Waals surface area contributed by atoms with Crippen molar-refractivity contribution >= 4 is 55.9 Å². The van der Waals surface area contributed by atoms with Crippen LogP contribution in [0.15, 0.2) is 195 Å². The van der Waals surface area contributed by atoms with Crippen LogP contribution in [-0.2, 0) is 24.0 Å². The van der Waals surface area contributed by atoms with Crippen LogP contribution < -0.4 is 4.74 Å². The number of nitrogens with zero attached hydrogens (tertiary/aromatic N) is 16. The predicted octanol–water partition coefficient (Wildman–Crippen LogP) is 28.4. The van der Waals surface area contributed by atoms with E-state index in [2.05, 4.69) is 155 Å². The van der Waals surface area contributed by atoms with Gasteiger partial charge in [-0.3, -0.25) is 4.68 Å². The number of hydrogen-bond donors (Lipinski definition) is 0. The first-order valence-electron chi connectivity index (χ1n) is 41.6. The number of hydrogen-bond acceptors (Lipinski definition) is 14. The number of benzene rings is 8. The van der Waals surface area contributed by atoms with Crippen molar-refractivity contribution in [1.29, 1.82) is 0 Å². The largest absolute Gasteiger partial charge is 0.487 e. The normalized spacial score (nSPS) is 16.4. The third-order valence-electron chi connectivity index (χ3n) is 24.8. The van der Waals surface area contributed by atoms with E-state index in [1.165, 1.54) is 76.1 Å². The maximum Gasteiger partial charge on any atom is 0.380 e. The summed E-state index contributed by atoms with van der Waals surface area (Å²) in [6.07, 6.45) is 20.3. The molecule has 0 aliphatic heterocycles. The molecule has 0 amide bonds. The van der Waals surface area contributed by atoms with Crippen LogP contribution in [0.1, 0.15) is 188 Å². The van der Waals surface area contributed by atoms with Gasteiger partial charge in [0.15, 0.2) is 0 Å². The molecular formula is C94H90F6N16O3S2. The number of azide groups is 3. The summed E-state index contributed by atoms with van der Waals surface area (Å²) >= 11 is 2.13. The minimum atomic E-state index is -5.69. The topological polar surface area (TPSA) is 264 Å². The smallest absolute Gasteiger partial charge is 0.380 e. The van der Waals surface area contributed by atoms with Crippen molar-refractivity contribution in [2.24, 2.45) is 15.3 Å². The van der Waals surface area contributed by atoms with E-state index in [4.69, 9.17) is 40.9 Å². The lowest BCUT2D eigenvalue weighted by Crippen LogP contribution is -2.48. The molecule has 1 atom stereocenters. The molecule has 0 fully saturated rings. The van der Waals surface area contributed by atoms with Crippen molar-refractivity contribution in [3.05, 3.63) is 261 Å². The number of aryl methyl sites for hydroxylation is 5. The Hall–Kier alpha value is -11.9. The van der Waals surface area contributed by atoms with E-state index in [-0.39, 0.29) is 32.9 Å². The highest BCUT2D eigenvalue weighted by atomic mass is 32.1. The van der Waals surface area contributed by atoms with E-state index in [1.807, 2.05) is 17.8 Å². The number of halogens is 6. The molecule has 27 heteroatoms. The lowest BCUT2D eigenvalue weighted by Gasteiger charge is -2.33. The van der Waals surface area contributed by atoms with Gasteiger partial charge >= 0.3 is 17.8 Å². The van der Waals surface area contributed by atoms with E-state index in [1.54, 1.807) is 54.6 Å². The Kier molecular flexibility index (Phi) is 24.3. The van der Waals surface area contributed by atoms with E-state index in [0.29, 0.717) is 80.6 Å². The van der Waals surface area contributed by atoms with E-state index in [9.17, 15) is 0 Å². The molecule has 3 aliphatic carbocycles. The molecule has 16 rings (SSSR count). The molecule has 0 radical (unpaired) electrons. The van der Waals surface area contributed by atoms with Crippen LogP contribution in [-0.4, -0.2) is 73.0 Å². The quantitative estimate of drug-likeness (QED) is 0.0117. The molecule has 3 aliphatic rings. The van der Waals surface area contributed by atoms with E-state index >= 15 is 26.3 Å². The van der Waals surface area contributed by atoms with Gasteiger partial charge in [0.2, 0.25) is 0 Å². The number of aromatic nitrogens is 7. The number of unbranched alkanes of at least 4 members (excludes halogenated alkanes) is 12. The minimum Gasteiger partial charge on any atom is -0.487 e. The lowest BCUT2D eigenvalue weighted by molar-refractivity contribution is -0.254. The molecule has 0 bridgehead atoms. The molecule has 121 heavy (non-hydrogen) atoms. The summed E-state index contributed by atoms with van der Waals surface area (Å²) in [5, 5.41) is 38.5. The third kappa shape index (κ3) is 16.0. The predicted molar refractivity (Wildman–Crippen MR) is 465 cm³/mol. The molecule has 0 N–H and O–H groups in total. The van der Waals surface area contributed by atoms with Crippen LogP contribution in [0.25, 0.3) is 141 Å². The molecule has 8 aromatic carbocycles. The highest BCUT2D eigenvalue weighted by molar-refractivity contribution is 7.16. The summed E-state index contributed by atoms with van der Waals surface area (Å²) in [5.74, 6) is -15.6. The molecule has 1 unspecified atom stereocenters. The van der Waals surface area contributed by atoms with Crippen molar-refractivity contribution in [3.8, 4) is 82.3 Å². The Bertz CT molecular complexity index is 6160. The van der Waals surface area contributed by atoms with Crippen LogP contribution >= 0.6 is 22.7 Å². The van der Waals surface area contributed by atoms with Crippen LogP contribution in [0.3, 0.4) is 0 Å². The van der Waals surface area contributed by atoms with Gasteiger partial charge in [0.1, 0.15) is 40.1 Å². The summed E-state index contributed by atoms with van der Waals surface area (Å²) < 4.78 is 115.